The van der Waals surface area contributed by atoms with Crippen molar-refractivity contribution in [2.75, 3.05) is 7.11 Å². The maximum atomic E-state index is 11.1. The Morgan fingerprint density at radius 3 is 2.33 bits per heavy atom. The molecule has 0 N–H and O–H groups in total. The number of aryl methyl sites for hydroxylation is 1. The lowest BCUT2D eigenvalue weighted by atomic mass is 10.0. The molecule has 0 amide bonds. The minimum atomic E-state index is -0.391. The van der Waals surface area contributed by atoms with Crippen molar-refractivity contribution >= 4 is 5.69 Å². The standard InChI is InChI=1S/C14H13NO3/c1-10-3-5-11(6-4-10)13-8-7-12(18-2)9-14(13)15(16)17/h3-9H,1-2H3. The number of hydrogen-bond acceptors (Lipinski definition) is 3. The minimum Gasteiger partial charge on any atom is -0.497 e. The molecule has 0 aliphatic rings. The number of nitro groups is 1. The van der Waals surface area contributed by atoms with Crippen LogP contribution < -0.4 is 4.74 Å². The molecule has 92 valence electrons. The molecule has 2 rings (SSSR count). The molecule has 0 aliphatic carbocycles. The van der Waals surface area contributed by atoms with Crippen LogP contribution in [0.1, 0.15) is 5.56 Å². The minimum absolute atomic E-state index is 0.0539. The smallest absolute Gasteiger partial charge is 0.280 e. The zero-order chi connectivity index (χ0) is 13.1. The van der Waals surface area contributed by atoms with Crippen molar-refractivity contribution in [1.82, 2.24) is 0 Å². The topological polar surface area (TPSA) is 52.4 Å². The summed E-state index contributed by atoms with van der Waals surface area (Å²) in [4.78, 5) is 10.7. The molecule has 0 aliphatic heterocycles. The largest absolute Gasteiger partial charge is 0.497 e. The van der Waals surface area contributed by atoms with Crippen LogP contribution >= 0.6 is 0 Å². The van der Waals surface area contributed by atoms with Crippen molar-refractivity contribution in [2.45, 2.75) is 6.92 Å². The lowest BCUT2D eigenvalue weighted by molar-refractivity contribution is -0.384. The normalized spacial score (nSPS) is 10.1. The molecule has 0 aromatic heterocycles. The predicted octanol–water partition coefficient (Wildman–Crippen LogP) is 3.58. The van der Waals surface area contributed by atoms with E-state index in [-0.39, 0.29) is 5.69 Å². The second-order valence-corrected chi connectivity index (χ2v) is 4.01. The van der Waals surface area contributed by atoms with Gasteiger partial charge in [-0.3, -0.25) is 10.1 Å². The molecule has 0 heterocycles. The maximum absolute atomic E-state index is 11.1. The van der Waals surface area contributed by atoms with E-state index >= 15 is 0 Å². The second-order valence-electron chi connectivity index (χ2n) is 4.01. The molecule has 4 heteroatoms. The van der Waals surface area contributed by atoms with Crippen LogP contribution in [0, 0.1) is 17.0 Å². The van der Waals surface area contributed by atoms with E-state index in [1.165, 1.54) is 13.2 Å². The van der Waals surface area contributed by atoms with Crippen LogP contribution in [0.4, 0.5) is 5.69 Å². The molecule has 0 saturated heterocycles. The van der Waals surface area contributed by atoms with E-state index in [0.717, 1.165) is 11.1 Å². The van der Waals surface area contributed by atoms with E-state index in [2.05, 4.69) is 0 Å². The molecular formula is C14H13NO3. The molecule has 2 aromatic carbocycles. The highest BCUT2D eigenvalue weighted by Gasteiger charge is 2.16. The van der Waals surface area contributed by atoms with Gasteiger partial charge in [-0.2, -0.15) is 0 Å². The summed E-state index contributed by atoms with van der Waals surface area (Å²) in [6.45, 7) is 1.98. The summed E-state index contributed by atoms with van der Waals surface area (Å²) in [5, 5.41) is 11.1. The van der Waals surface area contributed by atoms with Gasteiger partial charge in [0.2, 0.25) is 0 Å². The average molecular weight is 243 g/mol. The van der Waals surface area contributed by atoms with Crippen molar-refractivity contribution in [1.29, 1.82) is 0 Å². The van der Waals surface area contributed by atoms with Gasteiger partial charge in [-0.1, -0.05) is 29.8 Å². The van der Waals surface area contributed by atoms with E-state index in [1.54, 1.807) is 12.1 Å². The summed E-state index contributed by atoms with van der Waals surface area (Å²) in [7, 11) is 1.49. The first kappa shape index (κ1) is 12.1. The summed E-state index contributed by atoms with van der Waals surface area (Å²) < 4.78 is 5.01. The quantitative estimate of drug-likeness (QED) is 0.611. The summed E-state index contributed by atoms with van der Waals surface area (Å²) in [6.07, 6.45) is 0. The van der Waals surface area contributed by atoms with E-state index in [1.807, 2.05) is 31.2 Å². The Bertz CT molecular complexity index is 576. The van der Waals surface area contributed by atoms with Crippen molar-refractivity contribution in [3.63, 3.8) is 0 Å². The van der Waals surface area contributed by atoms with Gasteiger partial charge in [-0.05, 0) is 24.6 Å². The van der Waals surface area contributed by atoms with Gasteiger partial charge >= 0.3 is 0 Å². The van der Waals surface area contributed by atoms with E-state index < -0.39 is 4.92 Å². The number of benzene rings is 2. The number of methoxy groups -OCH3 is 1. The van der Waals surface area contributed by atoms with Crippen LogP contribution in [0.15, 0.2) is 42.5 Å². The molecule has 0 atom stereocenters. The highest BCUT2D eigenvalue weighted by molar-refractivity contribution is 5.74. The molecule has 0 radical (unpaired) electrons. The van der Waals surface area contributed by atoms with Crippen molar-refractivity contribution < 1.29 is 9.66 Å². The van der Waals surface area contributed by atoms with Crippen LogP contribution in [0.5, 0.6) is 5.75 Å². The monoisotopic (exact) mass is 243 g/mol. The summed E-state index contributed by atoms with van der Waals surface area (Å²) in [5.41, 5.74) is 2.60. The van der Waals surface area contributed by atoms with Gasteiger partial charge in [0.15, 0.2) is 0 Å². The third-order valence-corrected chi connectivity index (χ3v) is 2.76. The third-order valence-electron chi connectivity index (χ3n) is 2.76. The Morgan fingerprint density at radius 1 is 1.11 bits per heavy atom. The molecular weight excluding hydrogens is 230 g/mol. The first-order valence-electron chi connectivity index (χ1n) is 5.51. The Kier molecular flexibility index (Phi) is 3.28. The third kappa shape index (κ3) is 2.32. The first-order valence-corrected chi connectivity index (χ1v) is 5.51. The van der Waals surface area contributed by atoms with Gasteiger partial charge in [-0.25, -0.2) is 0 Å². The zero-order valence-electron chi connectivity index (χ0n) is 10.2. The molecule has 2 aromatic rings. The molecule has 0 bridgehead atoms. The number of nitro benzene ring substituents is 1. The number of hydrogen-bond donors (Lipinski definition) is 0. The van der Waals surface area contributed by atoms with E-state index in [4.69, 9.17) is 4.74 Å². The summed E-state index contributed by atoms with van der Waals surface area (Å²) >= 11 is 0. The fraction of sp³-hybridized carbons (Fsp3) is 0.143. The van der Waals surface area contributed by atoms with E-state index in [0.29, 0.717) is 11.3 Å². The van der Waals surface area contributed by atoms with Crippen LogP contribution in [0.25, 0.3) is 11.1 Å². The van der Waals surface area contributed by atoms with Crippen LogP contribution in [0.2, 0.25) is 0 Å². The van der Waals surface area contributed by atoms with Crippen LogP contribution in [-0.4, -0.2) is 12.0 Å². The molecule has 0 spiro atoms. The van der Waals surface area contributed by atoms with Gasteiger partial charge in [0.05, 0.1) is 23.7 Å². The fourth-order valence-corrected chi connectivity index (χ4v) is 1.77. The lowest BCUT2D eigenvalue weighted by Gasteiger charge is -2.06. The number of nitrogens with zero attached hydrogens (tertiary/aromatic N) is 1. The lowest BCUT2D eigenvalue weighted by Crippen LogP contribution is -1.93. The van der Waals surface area contributed by atoms with Crippen LogP contribution in [0.3, 0.4) is 0 Å². The molecule has 4 nitrogen and oxygen atoms in total. The number of ether oxygens (including phenoxy) is 1. The summed E-state index contributed by atoms with van der Waals surface area (Å²) in [6, 6.07) is 12.5. The van der Waals surface area contributed by atoms with Crippen molar-refractivity contribution in [2.24, 2.45) is 0 Å². The Balaban J connectivity index is 2.56. The fourth-order valence-electron chi connectivity index (χ4n) is 1.77. The van der Waals surface area contributed by atoms with E-state index in [9.17, 15) is 10.1 Å². The Labute approximate surface area is 105 Å². The zero-order valence-corrected chi connectivity index (χ0v) is 10.2. The highest BCUT2D eigenvalue weighted by atomic mass is 16.6. The summed E-state index contributed by atoms with van der Waals surface area (Å²) in [5.74, 6) is 0.484. The molecule has 18 heavy (non-hydrogen) atoms. The molecule has 0 fully saturated rings. The number of rotatable bonds is 3. The maximum Gasteiger partial charge on any atom is 0.280 e. The average Bonchev–Trinajstić information content (AvgIpc) is 2.39. The van der Waals surface area contributed by atoms with Crippen molar-refractivity contribution in [3.05, 3.63) is 58.1 Å². The molecule has 0 unspecified atom stereocenters. The Morgan fingerprint density at radius 2 is 1.78 bits per heavy atom. The van der Waals surface area contributed by atoms with Crippen LogP contribution in [-0.2, 0) is 0 Å². The second kappa shape index (κ2) is 4.87. The van der Waals surface area contributed by atoms with Gasteiger partial charge in [0.1, 0.15) is 5.75 Å². The first-order chi connectivity index (χ1) is 8.61. The Hall–Kier alpha value is -2.36. The molecule has 0 saturated carbocycles. The predicted molar refractivity (Wildman–Crippen MR) is 69.8 cm³/mol. The van der Waals surface area contributed by atoms with Gasteiger partial charge in [0, 0.05) is 0 Å². The SMILES string of the molecule is COc1ccc(-c2ccc(C)cc2)c([N+](=O)[O-])c1. The van der Waals surface area contributed by atoms with Gasteiger partial charge in [-0.15, -0.1) is 0 Å². The van der Waals surface area contributed by atoms with Gasteiger partial charge < -0.3 is 4.74 Å². The highest BCUT2D eigenvalue weighted by Crippen LogP contribution is 2.33. The van der Waals surface area contributed by atoms with Gasteiger partial charge in [0.25, 0.3) is 5.69 Å². The van der Waals surface area contributed by atoms with Crippen molar-refractivity contribution in [3.8, 4) is 16.9 Å².